The first-order chi connectivity index (χ1) is 13.4. The molecule has 0 aliphatic heterocycles. The number of ether oxygens (including phenoxy) is 2. The van der Waals surface area contributed by atoms with E-state index in [0.717, 1.165) is 0 Å². The molecule has 0 bridgehead atoms. The van der Waals surface area contributed by atoms with Gasteiger partial charge in [-0.1, -0.05) is 12.1 Å². The third-order valence-corrected chi connectivity index (χ3v) is 4.22. The van der Waals surface area contributed by atoms with E-state index in [1.54, 1.807) is 32.0 Å². The third-order valence-electron chi connectivity index (χ3n) is 4.22. The van der Waals surface area contributed by atoms with Gasteiger partial charge in [-0.2, -0.15) is 0 Å². The van der Waals surface area contributed by atoms with Crippen molar-refractivity contribution >= 4 is 23.1 Å². The molecule has 2 aromatic carbocycles. The summed E-state index contributed by atoms with van der Waals surface area (Å²) >= 11 is 0. The number of hydrogen-bond donors (Lipinski definition) is 0. The van der Waals surface area contributed by atoms with E-state index >= 15 is 0 Å². The molecule has 1 aromatic heterocycles. The SMILES string of the molecule is CC(C)Oc1cc2c(C(COC=O)c3ccc(F)cc3)coc2cc1[N+](=O)[O-]. The molecule has 3 rings (SSSR count). The Labute approximate surface area is 159 Å². The molecule has 1 atom stereocenters. The molecule has 0 saturated carbocycles. The number of fused-ring (bicyclic) bond motifs is 1. The lowest BCUT2D eigenvalue weighted by molar-refractivity contribution is -0.385. The van der Waals surface area contributed by atoms with Gasteiger partial charge in [-0.15, -0.1) is 0 Å². The largest absolute Gasteiger partial charge is 0.484 e. The molecule has 7 nitrogen and oxygen atoms in total. The summed E-state index contributed by atoms with van der Waals surface area (Å²) in [6.07, 6.45) is 1.19. The Kier molecular flexibility index (Phi) is 5.58. The number of carbonyl (C=O) groups is 1. The molecule has 3 aromatic rings. The summed E-state index contributed by atoms with van der Waals surface area (Å²) in [5.74, 6) is -0.719. The van der Waals surface area contributed by atoms with Gasteiger partial charge in [0.05, 0.1) is 23.4 Å². The fraction of sp³-hybridized carbons (Fsp3) is 0.250. The topological polar surface area (TPSA) is 91.8 Å². The smallest absolute Gasteiger partial charge is 0.314 e. The van der Waals surface area contributed by atoms with Gasteiger partial charge in [0.15, 0.2) is 5.75 Å². The number of hydrogen-bond acceptors (Lipinski definition) is 6. The van der Waals surface area contributed by atoms with E-state index in [2.05, 4.69) is 0 Å². The summed E-state index contributed by atoms with van der Waals surface area (Å²) < 4.78 is 29.4. The molecule has 28 heavy (non-hydrogen) atoms. The minimum absolute atomic E-state index is 0.00112. The molecular formula is C20H18FNO6. The summed E-state index contributed by atoms with van der Waals surface area (Å²) in [6.45, 7) is 3.87. The zero-order valence-corrected chi connectivity index (χ0v) is 15.3. The van der Waals surface area contributed by atoms with Crippen molar-refractivity contribution in [3.05, 3.63) is 69.7 Å². The van der Waals surface area contributed by atoms with Gasteiger partial charge in [-0.25, -0.2) is 4.39 Å². The van der Waals surface area contributed by atoms with Crippen molar-refractivity contribution in [2.75, 3.05) is 6.61 Å². The van der Waals surface area contributed by atoms with Crippen LogP contribution < -0.4 is 4.74 Å². The summed E-state index contributed by atoms with van der Waals surface area (Å²) in [4.78, 5) is 21.6. The van der Waals surface area contributed by atoms with E-state index in [-0.39, 0.29) is 30.0 Å². The van der Waals surface area contributed by atoms with Gasteiger partial charge in [0.1, 0.15) is 18.0 Å². The molecule has 0 saturated heterocycles. The third kappa shape index (κ3) is 3.95. The first kappa shape index (κ1) is 19.3. The molecule has 0 aliphatic rings. The molecule has 8 heteroatoms. The molecule has 0 amide bonds. The number of furan rings is 1. The molecule has 0 aliphatic carbocycles. The van der Waals surface area contributed by atoms with E-state index in [9.17, 15) is 19.3 Å². The zero-order chi connectivity index (χ0) is 20.3. The number of nitro groups is 1. The van der Waals surface area contributed by atoms with Gasteiger partial charge >= 0.3 is 5.69 Å². The van der Waals surface area contributed by atoms with E-state index < -0.39 is 10.8 Å². The van der Waals surface area contributed by atoms with Crippen LogP contribution in [0.5, 0.6) is 5.75 Å². The summed E-state index contributed by atoms with van der Waals surface area (Å²) in [5.41, 5.74) is 1.45. The van der Waals surface area contributed by atoms with Crippen molar-refractivity contribution in [3.8, 4) is 5.75 Å². The highest BCUT2D eigenvalue weighted by Gasteiger charge is 2.25. The lowest BCUT2D eigenvalue weighted by Crippen LogP contribution is -2.09. The average Bonchev–Trinajstić information content (AvgIpc) is 3.05. The normalized spacial score (nSPS) is 12.1. The number of halogens is 1. The van der Waals surface area contributed by atoms with E-state index in [1.807, 2.05) is 0 Å². The van der Waals surface area contributed by atoms with Gasteiger partial charge in [0, 0.05) is 16.9 Å². The molecule has 0 N–H and O–H groups in total. The minimum atomic E-state index is -0.535. The highest BCUT2D eigenvalue weighted by atomic mass is 19.1. The number of nitrogens with zero attached hydrogens (tertiary/aromatic N) is 1. The zero-order valence-electron chi connectivity index (χ0n) is 15.3. The first-order valence-electron chi connectivity index (χ1n) is 8.57. The van der Waals surface area contributed by atoms with Gasteiger partial charge in [-0.3, -0.25) is 14.9 Å². The van der Waals surface area contributed by atoms with E-state index in [1.165, 1.54) is 24.5 Å². The predicted octanol–water partition coefficient (Wildman–Crippen LogP) is 4.57. The Bertz CT molecular complexity index is 996. The Morgan fingerprint density at radius 1 is 1.25 bits per heavy atom. The lowest BCUT2D eigenvalue weighted by atomic mass is 9.91. The summed E-state index contributed by atoms with van der Waals surface area (Å²) in [7, 11) is 0. The molecular weight excluding hydrogens is 369 g/mol. The maximum Gasteiger partial charge on any atom is 0.314 e. The Hall–Kier alpha value is -3.42. The first-order valence-corrected chi connectivity index (χ1v) is 8.57. The van der Waals surface area contributed by atoms with Crippen LogP contribution in [0, 0.1) is 15.9 Å². The standard InChI is InChI=1S/C20H18FNO6/c1-12(2)28-20-7-15-17(10-27-19(15)8-18(20)22(24)25)16(9-26-11-23)13-3-5-14(21)6-4-13/h3-8,10-12,16H,9H2,1-2H3. The minimum Gasteiger partial charge on any atom is -0.484 e. The van der Waals surface area contributed by atoms with Crippen LogP contribution >= 0.6 is 0 Å². The average molecular weight is 387 g/mol. The quantitative estimate of drug-likeness (QED) is 0.319. The molecule has 1 heterocycles. The van der Waals surface area contributed by atoms with Crippen LogP contribution in [-0.4, -0.2) is 24.1 Å². The summed E-state index contributed by atoms with van der Waals surface area (Å²) in [5, 5.41) is 12.0. The monoisotopic (exact) mass is 387 g/mol. The Balaban J connectivity index is 2.14. The Morgan fingerprint density at radius 3 is 2.57 bits per heavy atom. The number of carbonyl (C=O) groups excluding carboxylic acids is 1. The Morgan fingerprint density at radius 2 is 1.96 bits per heavy atom. The molecule has 0 radical (unpaired) electrons. The van der Waals surface area contributed by atoms with Crippen LogP contribution in [0.1, 0.15) is 30.9 Å². The van der Waals surface area contributed by atoms with Crippen molar-refractivity contribution < 1.29 is 28.0 Å². The molecule has 0 spiro atoms. The fourth-order valence-corrected chi connectivity index (χ4v) is 3.02. The van der Waals surface area contributed by atoms with Crippen molar-refractivity contribution in [2.24, 2.45) is 0 Å². The second-order valence-electron chi connectivity index (χ2n) is 6.46. The summed E-state index contributed by atoms with van der Waals surface area (Å²) in [6, 6.07) is 8.64. The van der Waals surface area contributed by atoms with Gasteiger partial charge in [0.2, 0.25) is 0 Å². The molecule has 1 unspecified atom stereocenters. The second kappa shape index (κ2) is 8.08. The molecule has 146 valence electrons. The van der Waals surface area contributed by atoms with Crippen molar-refractivity contribution in [3.63, 3.8) is 0 Å². The maximum atomic E-state index is 13.3. The van der Waals surface area contributed by atoms with Crippen LogP contribution in [0.3, 0.4) is 0 Å². The van der Waals surface area contributed by atoms with Crippen molar-refractivity contribution in [1.29, 1.82) is 0 Å². The maximum absolute atomic E-state index is 13.3. The molecule has 0 fully saturated rings. The van der Waals surface area contributed by atoms with Crippen LogP contribution in [0.15, 0.2) is 47.1 Å². The van der Waals surface area contributed by atoms with E-state index in [0.29, 0.717) is 28.6 Å². The predicted molar refractivity (Wildman–Crippen MR) is 98.9 cm³/mol. The van der Waals surface area contributed by atoms with Crippen LogP contribution in [-0.2, 0) is 9.53 Å². The fourth-order valence-electron chi connectivity index (χ4n) is 3.02. The second-order valence-corrected chi connectivity index (χ2v) is 6.46. The number of benzene rings is 2. The van der Waals surface area contributed by atoms with Gasteiger partial charge in [-0.05, 0) is 37.6 Å². The highest BCUT2D eigenvalue weighted by Crippen LogP contribution is 2.39. The van der Waals surface area contributed by atoms with Crippen LogP contribution in [0.2, 0.25) is 0 Å². The van der Waals surface area contributed by atoms with E-state index in [4.69, 9.17) is 13.9 Å². The number of rotatable bonds is 8. The highest BCUT2D eigenvalue weighted by molar-refractivity contribution is 5.86. The van der Waals surface area contributed by atoms with Crippen molar-refractivity contribution in [1.82, 2.24) is 0 Å². The van der Waals surface area contributed by atoms with Crippen LogP contribution in [0.25, 0.3) is 11.0 Å². The van der Waals surface area contributed by atoms with Crippen molar-refractivity contribution in [2.45, 2.75) is 25.9 Å². The number of nitro benzene ring substituents is 1. The van der Waals surface area contributed by atoms with Gasteiger partial charge < -0.3 is 13.9 Å². The van der Waals surface area contributed by atoms with Crippen LogP contribution in [0.4, 0.5) is 10.1 Å². The van der Waals surface area contributed by atoms with Gasteiger partial charge in [0.25, 0.3) is 6.47 Å². The lowest BCUT2D eigenvalue weighted by Gasteiger charge is -2.16.